The number of pyridine rings is 1. The van der Waals surface area contributed by atoms with Gasteiger partial charge in [-0.3, -0.25) is 15.2 Å². The molecule has 0 bridgehead atoms. The van der Waals surface area contributed by atoms with Crippen LogP contribution in [0.25, 0.3) is 11.1 Å². The number of aromatic carboxylic acids is 1. The molecule has 8 heteroatoms. The zero-order valence-corrected chi connectivity index (χ0v) is 18.6. The van der Waals surface area contributed by atoms with Crippen molar-refractivity contribution in [1.82, 2.24) is 10.3 Å². The Labute approximate surface area is 192 Å². The standard InChI is InChI=1S/C25H27N5O3/c1-15(2)12-30-24(31)17-5-8-20(21(11-17)25(32)33)22-14-28-10-9-18(22)13-29-19-6-3-16(4-7-19)23(26)27/h3-11,14-15,29H,12-13H2,1-2H3,(H3,26,27)(H,30,31)(H,32,33). The van der Waals surface area contributed by atoms with E-state index in [0.717, 1.165) is 11.3 Å². The van der Waals surface area contributed by atoms with Crippen molar-refractivity contribution in [1.29, 1.82) is 5.41 Å². The van der Waals surface area contributed by atoms with E-state index in [4.69, 9.17) is 11.1 Å². The molecule has 33 heavy (non-hydrogen) atoms. The summed E-state index contributed by atoms with van der Waals surface area (Å²) >= 11 is 0. The summed E-state index contributed by atoms with van der Waals surface area (Å²) in [7, 11) is 0. The van der Waals surface area contributed by atoms with E-state index in [-0.39, 0.29) is 23.2 Å². The average Bonchev–Trinajstić information content (AvgIpc) is 2.81. The first-order valence-corrected chi connectivity index (χ1v) is 10.5. The third kappa shape index (κ3) is 5.94. The van der Waals surface area contributed by atoms with Crippen LogP contribution in [0.15, 0.2) is 60.9 Å². The van der Waals surface area contributed by atoms with Crippen LogP contribution in [-0.2, 0) is 6.54 Å². The molecular formula is C25H27N5O3. The number of nitrogen functional groups attached to an aromatic ring is 1. The van der Waals surface area contributed by atoms with Crippen molar-refractivity contribution in [3.63, 3.8) is 0 Å². The van der Waals surface area contributed by atoms with Crippen molar-refractivity contribution in [3.8, 4) is 11.1 Å². The van der Waals surface area contributed by atoms with Gasteiger partial charge in [-0.2, -0.15) is 0 Å². The number of hydrogen-bond acceptors (Lipinski definition) is 5. The lowest BCUT2D eigenvalue weighted by molar-refractivity contribution is 0.0697. The topological polar surface area (TPSA) is 141 Å². The number of amidine groups is 1. The minimum Gasteiger partial charge on any atom is -0.478 e. The summed E-state index contributed by atoms with van der Waals surface area (Å²) in [6.07, 6.45) is 3.27. The fourth-order valence-corrected chi connectivity index (χ4v) is 3.28. The molecule has 0 saturated heterocycles. The van der Waals surface area contributed by atoms with Crippen molar-refractivity contribution in [3.05, 3.63) is 83.2 Å². The maximum Gasteiger partial charge on any atom is 0.336 e. The molecular weight excluding hydrogens is 418 g/mol. The molecule has 0 fully saturated rings. The zero-order chi connectivity index (χ0) is 24.0. The number of nitrogens with zero attached hydrogens (tertiary/aromatic N) is 1. The van der Waals surface area contributed by atoms with Gasteiger partial charge in [-0.15, -0.1) is 0 Å². The Morgan fingerprint density at radius 2 is 1.76 bits per heavy atom. The molecule has 1 aromatic heterocycles. The lowest BCUT2D eigenvalue weighted by Crippen LogP contribution is -2.27. The summed E-state index contributed by atoms with van der Waals surface area (Å²) in [6.45, 7) is 4.91. The number of carboxylic acid groups (broad SMARTS) is 1. The monoisotopic (exact) mass is 445 g/mol. The van der Waals surface area contributed by atoms with Gasteiger partial charge in [0, 0.05) is 47.9 Å². The van der Waals surface area contributed by atoms with Crippen LogP contribution in [0.1, 0.15) is 45.7 Å². The summed E-state index contributed by atoms with van der Waals surface area (Å²) in [5.74, 6) is -1.14. The van der Waals surface area contributed by atoms with Gasteiger partial charge in [0.25, 0.3) is 5.91 Å². The van der Waals surface area contributed by atoms with Crippen LogP contribution in [-0.4, -0.2) is 34.3 Å². The largest absolute Gasteiger partial charge is 0.478 e. The van der Waals surface area contributed by atoms with E-state index in [1.165, 1.54) is 6.07 Å². The van der Waals surface area contributed by atoms with E-state index in [2.05, 4.69) is 15.6 Å². The van der Waals surface area contributed by atoms with Crippen molar-refractivity contribution in [2.75, 3.05) is 11.9 Å². The van der Waals surface area contributed by atoms with Gasteiger partial charge in [0.15, 0.2) is 0 Å². The molecule has 8 nitrogen and oxygen atoms in total. The number of nitrogens with one attached hydrogen (secondary N) is 3. The highest BCUT2D eigenvalue weighted by Gasteiger charge is 2.18. The third-order valence-corrected chi connectivity index (χ3v) is 5.06. The van der Waals surface area contributed by atoms with Gasteiger partial charge in [0.05, 0.1) is 5.56 Å². The third-order valence-electron chi connectivity index (χ3n) is 5.06. The van der Waals surface area contributed by atoms with Crippen molar-refractivity contribution in [2.45, 2.75) is 20.4 Å². The Morgan fingerprint density at radius 1 is 1.06 bits per heavy atom. The molecule has 6 N–H and O–H groups in total. The van der Waals surface area contributed by atoms with E-state index in [9.17, 15) is 14.7 Å². The minimum absolute atomic E-state index is 0.000467. The van der Waals surface area contributed by atoms with Gasteiger partial charge in [0.1, 0.15) is 5.84 Å². The second-order valence-corrected chi connectivity index (χ2v) is 8.05. The van der Waals surface area contributed by atoms with Crippen LogP contribution in [0.5, 0.6) is 0 Å². The maximum atomic E-state index is 12.4. The molecule has 0 aliphatic carbocycles. The van der Waals surface area contributed by atoms with Crippen molar-refractivity contribution in [2.24, 2.45) is 11.7 Å². The van der Waals surface area contributed by atoms with E-state index < -0.39 is 5.97 Å². The predicted octanol–water partition coefficient (Wildman–Crippen LogP) is 3.73. The van der Waals surface area contributed by atoms with E-state index >= 15 is 0 Å². The molecule has 0 atom stereocenters. The number of nitrogens with two attached hydrogens (primary N) is 1. The molecule has 170 valence electrons. The number of hydrogen-bond donors (Lipinski definition) is 5. The summed E-state index contributed by atoms with van der Waals surface area (Å²) in [4.78, 5) is 28.6. The van der Waals surface area contributed by atoms with Crippen LogP contribution < -0.4 is 16.4 Å². The Bertz CT molecular complexity index is 1170. The summed E-state index contributed by atoms with van der Waals surface area (Å²) < 4.78 is 0. The number of carboxylic acids is 1. The molecule has 3 aromatic rings. The molecule has 1 heterocycles. The molecule has 2 aromatic carbocycles. The van der Waals surface area contributed by atoms with Gasteiger partial charge >= 0.3 is 5.97 Å². The van der Waals surface area contributed by atoms with Crippen LogP contribution in [0.3, 0.4) is 0 Å². The Morgan fingerprint density at radius 3 is 2.39 bits per heavy atom. The van der Waals surface area contributed by atoms with Crippen LogP contribution >= 0.6 is 0 Å². The van der Waals surface area contributed by atoms with Gasteiger partial charge in [-0.1, -0.05) is 19.9 Å². The molecule has 1 amide bonds. The normalized spacial score (nSPS) is 10.6. The van der Waals surface area contributed by atoms with E-state index in [0.29, 0.717) is 35.3 Å². The number of aromatic nitrogens is 1. The fourth-order valence-electron chi connectivity index (χ4n) is 3.28. The number of carbonyl (C=O) groups is 2. The highest BCUT2D eigenvalue weighted by Crippen LogP contribution is 2.28. The second kappa shape index (κ2) is 10.4. The van der Waals surface area contributed by atoms with Gasteiger partial charge in [-0.05, 0) is 59.5 Å². The second-order valence-electron chi connectivity index (χ2n) is 8.05. The van der Waals surface area contributed by atoms with Crippen LogP contribution in [0.4, 0.5) is 5.69 Å². The molecule has 0 radical (unpaired) electrons. The van der Waals surface area contributed by atoms with Gasteiger partial charge in [-0.25, -0.2) is 4.79 Å². The maximum absolute atomic E-state index is 12.4. The van der Waals surface area contributed by atoms with E-state index in [1.807, 2.05) is 32.0 Å². The first-order valence-electron chi connectivity index (χ1n) is 10.5. The SMILES string of the molecule is CC(C)CNC(=O)c1ccc(-c2cnccc2CNc2ccc(C(=N)N)cc2)c(C(=O)O)c1. The molecule has 3 rings (SSSR count). The molecule has 0 unspecified atom stereocenters. The molecule has 0 aliphatic rings. The number of anilines is 1. The first-order chi connectivity index (χ1) is 15.8. The number of rotatable bonds is 9. The van der Waals surface area contributed by atoms with Gasteiger partial charge < -0.3 is 21.5 Å². The lowest BCUT2D eigenvalue weighted by Gasteiger charge is -2.15. The Kier molecular flexibility index (Phi) is 7.40. The van der Waals surface area contributed by atoms with Crippen molar-refractivity contribution >= 4 is 23.4 Å². The zero-order valence-electron chi connectivity index (χ0n) is 18.6. The van der Waals surface area contributed by atoms with Gasteiger partial charge in [0.2, 0.25) is 0 Å². The minimum atomic E-state index is -1.12. The summed E-state index contributed by atoms with van der Waals surface area (Å²) in [6, 6.07) is 13.7. The fraction of sp³-hybridized carbons (Fsp3) is 0.200. The quantitative estimate of drug-likeness (QED) is 0.251. The van der Waals surface area contributed by atoms with Crippen LogP contribution in [0, 0.1) is 11.3 Å². The Hall–Kier alpha value is -4.20. The smallest absolute Gasteiger partial charge is 0.336 e. The molecule has 0 saturated carbocycles. The van der Waals surface area contributed by atoms with E-state index in [1.54, 1.807) is 36.7 Å². The number of benzene rings is 2. The first kappa shape index (κ1) is 23.5. The number of amides is 1. The van der Waals surface area contributed by atoms with Crippen LogP contribution in [0.2, 0.25) is 0 Å². The van der Waals surface area contributed by atoms with Crippen molar-refractivity contribution < 1.29 is 14.7 Å². The Balaban J connectivity index is 1.87. The number of carbonyl (C=O) groups excluding carboxylic acids is 1. The molecule has 0 aliphatic heterocycles. The highest BCUT2D eigenvalue weighted by atomic mass is 16.4. The average molecular weight is 446 g/mol. The summed E-state index contributed by atoms with van der Waals surface area (Å²) in [5.41, 5.74) is 9.29. The summed E-state index contributed by atoms with van der Waals surface area (Å²) in [5, 5.41) is 23.4. The predicted molar refractivity (Wildman–Crippen MR) is 129 cm³/mol. The highest BCUT2D eigenvalue weighted by molar-refractivity contribution is 6.01. The molecule has 0 spiro atoms. The lowest BCUT2D eigenvalue weighted by atomic mass is 9.95.